The second-order valence-corrected chi connectivity index (χ2v) is 3.24. The first-order chi connectivity index (χ1) is 6.75. The van der Waals surface area contributed by atoms with Crippen molar-refractivity contribution in [2.24, 2.45) is 0 Å². The van der Waals surface area contributed by atoms with Crippen molar-refractivity contribution in [3.8, 4) is 0 Å². The Morgan fingerprint density at radius 3 is 3.07 bits per heavy atom. The predicted molar refractivity (Wildman–Crippen MR) is 48.2 cm³/mol. The number of nitrogens with zero attached hydrogens (tertiary/aromatic N) is 4. The molecule has 14 heavy (non-hydrogen) atoms. The normalized spacial score (nSPS) is 10.3. The van der Waals surface area contributed by atoms with E-state index in [4.69, 9.17) is 5.11 Å². The van der Waals surface area contributed by atoms with Gasteiger partial charge in [-0.25, -0.2) is 4.79 Å². The summed E-state index contributed by atoms with van der Waals surface area (Å²) >= 11 is 1.25. The molecule has 0 unspecified atom stereocenters. The lowest BCUT2D eigenvalue weighted by atomic mass is 10.4. The van der Waals surface area contributed by atoms with Crippen LogP contribution in [0.15, 0.2) is 17.8 Å². The van der Waals surface area contributed by atoms with Gasteiger partial charge in [0.1, 0.15) is 0 Å². The lowest BCUT2D eigenvalue weighted by Crippen LogP contribution is -2.00. The second-order valence-electron chi connectivity index (χ2n) is 2.63. The van der Waals surface area contributed by atoms with Gasteiger partial charge in [0, 0.05) is 11.6 Å². The zero-order valence-electron chi connectivity index (χ0n) is 6.99. The Morgan fingerprint density at radius 2 is 2.50 bits per heavy atom. The minimum Gasteiger partial charge on any atom is -0.478 e. The van der Waals surface area contributed by atoms with Crippen LogP contribution in [-0.2, 0) is 6.54 Å². The number of carboxylic acids is 1. The molecule has 0 saturated heterocycles. The van der Waals surface area contributed by atoms with Gasteiger partial charge < -0.3 is 5.11 Å². The van der Waals surface area contributed by atoms with Crippen LogP contribution >= 0.6 is 11.5 Å². The van der Waals surface area contributed by atoms with Crippen molar-refractivity contribution >= 4 is 17.5 Å². The molecule has 2 aromatic rings. The third-order valence-electron chi connectivity index (χ3n) is 1.61. The van der Waals surface area contributed by atoms with Crippen LogP contribution < -0.4 is 0 Å². The quantitative estimate of drug-likeness (QED) is 0.796. The fourth-order valence-electron chi connectivity index (χ4n) is 0.979. The van der Waals surface area contributed by atoms with Crippen LogP contribution in [0.4, 0.5) is 0 Å². The summed E-state index contributed by atoms with van der Waals surface area (Å²) in [7, 11) is 0. The van der Waals surface area contributed by atoms with Crippen LogP contribution in [0.25, 0.3) is 0 Å². The van der Waals surface area contributed by atoms with Gasteiger partial charge in [0.25, 0.3) is 0 Å². The molecule has 0 aliphatic heterocycles. The molecule has 7 heteroatoms. The number of carboxylic acid groups (broad SMARTS) is 1. The molecule has 0 fully saturated rings. The van der Waals surface area contributed by atoms with Crippen molar-refractivity contribution < 1.29 is 9.90 Å². The molecule has 2 aromatic heterocycles. The SMILES string of the molecule is O=C(O)c1cnn(Cc2csnn2)c1. The summed E-state index contributed by atoms with van der Waals surface area (Å²) < 4.78 is 5.21. The Kier molecular flexibility index (Phi) is 2.23. The molecule has 0 atom stereocenters. The van der Waals surface area contributed by atoms with Gasteiger partial charge in [0.2, 0.25) is 0 Å². The smallest absolute Gasteiger partial charge is 0.338 e. The summed E-state index contributed by atoms with van der Waals surface area (Å²) in [5.41, 5.74) is 0.947. The van der Waals surface area contributed by atoms with E-state index in [9.17, 15) is 4.79 Å². The Bertz CT molecular complexity index is 436. The van der Waals surface area contributed by atoms with Gasteiger partial charge in [0.05, 0.1) is 24.0 Å². The van der Waals surface area contributed by atoms with Gasteiger partial charge >= 0.3 is 5.97 Å². The molecule has 1 N–H and O–H groups in total. The van der Waals surface area contributed by atoms with Gasteiger partial charge in [0.15, 0.2) is 0 Å². The highest BCUT2D eigenvalue weighted by atomic mass is 32.1. The van der Waals surface area contributed by atoms with Crippen LogP contribution in [0.3, 0.4) is 0 Å². The van der Waals surface area contributed by atoms with Crippen molar-refractivity contribution in [1.29, 1.82) is 0 Å². The van der Waals surface area contributed by atoms with Gasteiger partial charge in [-0.3, -0.25) is 4.68 Å². The fraction of sp³-hybridized carbons (Fsp3) is 0.143. The first kappa shape index (κ1) is 8.82. The Hall–Kier alpha value is -1.76. The summed E-state index contributed by atoms with van der Waals surface area (Å²) in [5.74, 6) is -0.979. The van der Waals surface area contributed by atoms with E-state index in [0.717, 1.165) is 5.69 Å². The second kappa shape index (κ2) is 3.54. The first-order valence-corrected chi connectivity index (χ1v) is 4.61. The molecule has 0 spiro atoms. The monoisotopic (exact) mass is 210 g/mol. The van der Waals surface area contributed by atoms with Crippen LogP contribution in [-0.4, -0.2) is 30.4 Å². The zero-order chi connectivity index (χ0) is 9.97. The van der Waals surface area contributed by atoms with E-state index >= 15 is 0 Å². The summed E-state index contributed by atoms with van der Waals surface area (Å²) in [6.45, 7) is 0.448. The largest absolute Gasteiger partial charge is 0.478 e. The molecule has 0 aromatic carbocycles. The maximum Gasteiger partial charge on any atom is 0.338 e. The molecule has 0 aliphatic carbocycles. The molecule has 0 bridgehead atoms. The molecule has 0 saturated carbocycles. The third-order valence-corrected chi connectivity index (χ3v) is 2.16. The van der Waals surface area contributed by atoms with Crippen molar-refractivity contribution in [2.75, 3.05) is 0 Å². The summed E-state index contributed by atoms with van der Waals surface area (Å²) in [6.07, 6.45) is 2.77. The van der Waals surface area contributed by atoms with E-state index in [0.29, 0.717) is 6.54 Å². The highest BCUT2D eigenvalue weighted by Gasteiger charge is 2.06. The first-order valence-electron chi connectivity index (χ1n) is 3.77. The third kappa shape index (κ3) is 1.77. The topological polar surface area (TPSA) is 80.9 Å². The van der Waals surface area contributed by atoms with E-state index in [2.05, 4.69) is 14.7 Å². The minimum atomic E-state index is -0.979. The van der Waals surface area contributed by atoms with Crippen molar-refractivity contribution in [2.45, 2.75) is 6.54 Å². The molecule has 2 heterocycles. The van der Waals surface area contributed by atoms with Crippen LogP contribution in [0.1, 0.15) is 16.1 Å². The van der Waals surface area contributed by atoms with Crippen molar-refractivity contribution in [1.82, 2.24) is 19.4 Å². The van der Waals surface area contributed by atoms with E-state index < -0.39 is 5.97 Å². The van der Waals surface area contributed by atoms with Gasteiger partial charge in [-0.15, -0.1) is 5.10 Å². The Balaban J connectivity index is 2.14. The fourth-order valence-corrected chi connectivity index (χ4v) is 1.42. The van der Waals surface area contributed by atoms with Gasteiger partial charge in [-0.05, 0) is 11.5 Å². The highest BCUT2D eigenvalue weighted by Crippen LogP contribution is 2.02. The van der Waals surface area contributed by atoms with Crippen LogP contribution in [0.2, 0.25) is 0 Å². The molecule has 2 rings (SSSR count). The number of aromatic carboxylic acids is 1. The van der Waals surface area contributed by atoms with Gasteiger partial charge in [-0.2, -0.15) is 5.10 Å². The van der Waals surface area contributed by atoms with Crippen molar-refractivity contribution in [3.05, 3.63) is 29.0 Å². The molecule has 72 valence electrons. The summed E-state index contributed by atoms with van der Waals surface area (Å²) in [4.78, 5) is 10.5. The molecule has 0 aliphatic rings. The summed E-state index contributed by atoms with van der Waals surface area (Å²) in [6, 6.07) is 0. The lowest BCUT2D eigenvalue weighted by Gasteiger charge is -1.94. The zero-order valence-corrected chi connectivity index (χ0v) is 7.81. The molecular weight excluding hydrogens is 204 g/mol. The van der Waals surface area contributed by atoms with E-state index in [1.54, 1.807) is 5.38 Å². The van der Waals surface area contributed by atoms with Crippen LogP contribution in [0, 0.1) is 0 Å². The summed E-state index contributed by atoms with van der Waals surface area (Å²) in [5, 5.41) is 18.1. The molecule has 0 amide bonds. The maximum atomic E-state index is 10.5. The van der Waals surface area contributed by atoms with E-state index in [1.165, 1.54) is 28.6 Å². The maximum absolute atomic E-state index is 10.5. The Morgan fingerprint density at radius 1 is 1.64 bits per heavy atom. The molecule has 0 radical (unpaired) electrons. The average molecular weight is 210 g/mol. The standard InChI is InChI=1S/C7H6N4O2S/c12-7(13)5-1-8-11(2-5)3-6-4-14-10-9-6/h1-2,4H,3H2,(H,12,13). The van der Waals surface area contributed by atoms with Gasteiger partial charge in [-0.1, -0.05) is 4.49 Å². The Labute approximate surface area is 83.0 Å². The lowest BCUT2D eigenvalue weighted by molar-refractivity contribution is 0.0697. The molecular formula is C7H6N4O2S. The number of aromatic nitrogens is 4. The van der Waals surface area contributed by atoms with E-state index in [1.807, 2.05) is 0 Å². The van der Waals surface area contributed by atoms with Crippen LogP contribution in [0.5, 0.6) is 0 Å². The highest BCUT2D eigenvalue weighted by molar-refractivity contribution is 7.03. The van der Waals surface area contributed by atoms with Crippen molar-refractivity contribution in [3.63, 3.8) is 0 Å². The van der Waals surface area contributed by atoms with E-state index in [-0.39, 0.29) is 5.56 Å². The molecule has 6 nitrogen and oxygen atoms in total. The predicted octanol–water partition coefficient (Wildman–Crippen LogP) is 0.481. The number of rotatable bonds is 3. The number of hydrogen-bond donors (Lipinski definition) is 1. The number of carbonyl (C=O) groups is 1. The number of hydrogen-bond acceptors (Lipinski definition) is 5. The minimum absolute atomic E-state index is 0.174. The average Bonchev–Trinajstić information content (AvgIpc) is 2.75.